The standard InChI is InChI=1S/C18H27NO3/c1-21-18-8-13-7-17(20)16(19)9-14(13)15(18)11-22-10-12-5-3-2-4-6-12/h2-6,13-18,20H,7-11,19H2,1H3/t13-,14-,15+,16+,17+,18+/m1/s1. The summed E-state index contributed by atoms with van der Waals surface area (Å²) in [6.45, 7) is 1.34. The summed E-state index contributed by atoms with van der Waals surface area (Å²) in [5, 5.41) is 10.00. The third kappa shape index (κ3) is 3.35. The molecule has 0 unspecified atom stereocenters. The molecule has 2 aliphatic carbocycles. The Labute approximate surface area is 132 Å². The molecule has 22 heavy (non-hydrogen) atoms. The van der Waals surface area contributed by atoms with E-state index in [0.717, 1.165) is 19.3 Å². The van der Waals surface area contributed by atoms with Crippen molar-refractivity contribution in [1.29, 1.82) is 0 Å². The lowest BCUT2D eigenvalue weighted by atomic mass is 9.75. The first-order valence-electron chi connectivity index (χ1n) is 8.27. The highest BCUT2D eigenvalue weighted by Gasteiger charge is 2.47. The molecule has 0 radical (unpaired) electrons. The van der Waals surface area contributed by atoms with Crippen LogP contribution in [0.5, 0.6) is 0 Å². The Hall–Kier alpha value is -0.940. The Morgan fingerprint density at radius 2 is 1.95 bits per heavy atom. The van der Waals surface area contributed by atoms with Gasteiger partial charge >= 0.3 is 0 Å². The average molecular weight is 305 g/mol. The molecule has 2 fully saturated rings. The normalized spacial score (nSPS) is 38.0. The predicted octanol–water partition coefficient (Wildman–Crippen LogP) is 1.95. The summed E-state index contributed by atoms with van der Waals surface area (Å²) in [6.07, 6.45) is 2.57. The molecule has 1 aromatic carbocycles. The monoisotopic (exact) mass is 305 g/mol. The number of benzene rings is 1. The first kappa shape index (κ1) is 15.9. The van der Waals surface area contributed by atoms with E-state index < -0.39 is 0 Å². The van der Waals surface area contributed by atoms with E-state index in [1.807, 2.05) is 18.2 Å². The van der Waals surface area contributed by atoms with Crippen LogP contribution in [0.2, 0.25) is 0 Å². The zero-order valence-corrected chi connectivity index (χ0v) is 13.2. The second-order valence-electron chi connectivity index (χ2n) is 6.80. The topological polar surface area (TPSA) is 64.7 Å². The van der Waals surface area contributed by atoms with Crippen molar-refractivity contribution in [3.8, 4) is 0 Å². The van der Waals surface area contributed by atoms with Gasteiger partial charge < -0.3 is 20.3 Å². The fourth-order valence-electron chi connectivity index (χ4n) is 4.26. The molecule has 3 N–H and O–H groups in total. The highest BCUT2D eigenvalue weighted by Crippen LogP contribution is 2.46. The molecule has 6 atom stereocenters. The van der Waals surface area contributed by atoms with Crippen LogP contribution in [-0.4, -0.2) is 37.1 Å². The fraction of sp³-hybridized carbons (Fsp3) is 0.667. The summed E-state index contributed by atoms with van der Waals surface area (Å²) < 4.78 is 11.6. The molecule has 0 aromatic heterocycles. The van der Waals surface area contributed by atoms with Crippen molar-refractivity contribution in [3.05, 3.63) is 35.9 Å². The van der Waals surface area contributed by atoms with Gasteiger partial charge in [0.1, 0.15) is 0 Å². The van der Waals surface area contributed by atoms with Gasteiger partial charge in [0.2, 0.25) is 0 Å². The zero-order valence-electron chi connectivity index (χ0n) is 13.2. The maximum absolute atomic E-state index is 10.00. The van der Waals surface area contributed by atoms with Crippen molar-refractivity contribution in [2.24, 2.45) is 23.5 Å². The van der Waals surface area contributed by atoms with Crippen LogP contribution in [0.1, 0.15) is 24.8 Å². The number of nitrogens with two attached hydrogens (primary N) is 1. The van der Waals surface area contributed by atoms with E-state index in [9.17, 15) is 5.11 Å². The van der Waals surface area contributed by atoms with Gasteiger partial charge in [0.25, 0.3) is 0 Å². The fourth-order valence-corrected chi connectivity index (χ4v) is 4.26. The average Bonchev–Trinajstić information content (AvgIpc) is 2.86. The Morgan fingerprint density at radius 3 is 2.68 bits per heavy atom. The van der Waals surface area contributed by atoms with Crippen molar-refractivity contribution >= 4 is 0 Å². The van der Waals surface area contributed by atoms with Crippen LogP contribution in [0, 0.1) is 17.8 Å². The SMILES string of the molecule is CO[C@H]1C[C@H]2C[C@H](O)[C@@H](N)C[C@H]2[C@@H]1COCc1ccccc1. The van der Waals surface area contributed by atoms with Crippen LogP contribution in [0.25, 0.3) is 0 Å². The van der Waals surface area contributed by atoms with Gasteiger partial charge in [-0.2, -0.15) is 0 Å². The number of methoxy groups -OCH3 is 1. The van der Waals surface area contributed by atoms with Gasteiger partial charge in [0, 0.05) is 19.1 Å². The minimum atomic E-state index is -0.359. The molecule has 2 aliphatic rings. The van der Waals surface area contributed by atoms with Gasteiger partial charge in [-0.05, 0) is 36.7 Å². The molecule has 3 rings (SSSR count). The van der Waals surface area contributed by atoms with Gasteiger partial charge in [-0.15, -0.1) is 0 Å². The highest BCUT2D eigenvalue weighted by atomic mass is 16.5. The number of aliphatic hydroxyl groups excluding tert-OH is 1. The molecule has 0 saturated heterocycles. The molecule has 2 saturated carbocycles. The molecule has 4 heteroatoms. The van der Waals surface area contributed by atoms with Crippen LogP contribution in [-0.2, 0) is 16.1 Å². The molecule has 122 valence electrons. The lowest BCUT2D eigenvalue weighted by Gasteiger charge is -2.36. The third-order valence-electron chi connectivity index (χ3n) is 5.48. The van der Waals surface area contributed by atoms with E-state index in [2.05, 4.69) is 12.1 Å². The van der Waals surface area contributed by atoms with Gasteiger partial charge in [-0.3, -0.25) is 0 Å². The van der Waals surface area contributed by atoms with Crippen molar-refractivity contribution in [2.45, 2.75) is 44.1 Å². The summed E-state index contributed by atoms with van der Waals surface area (Å²) in [7, 11) is 1.78. The number of ether oxygens (including phenoxy) is 2. The van der Waals surface area contributed by atoms with Gasteiger partial charge in [0.05, 0.1) is 25.4 Å². The minimum Gasteiger partial charge on any atom is -0.392 e. The molecule has 4 nitrogen and oxygen atoms in total. The summed E-state index contributed by atoms with van der Waals surface area (Å²) >= 11 is 0. The van der Waals surface area contributed by atoms with Crippen LogP contribution in [0.3, 0.4) is 0 Å². The van der Waals surface area contributed by atoms with E-state index in [0.29, 0.717) is 31.0 Å². The second-order valence-corrected chi connectivity index (χ2v) is 6.80. The van der Waals surface area contributed by atoms with E-state index >= 15 is 0 Å². The van der Waals surface area contributed by atoms with E-state index in [4.69, 9.17) is 15.2 Å². The van der Waals surface area contributed by atoms with Gasteiger partial charge in [-0.1, -0.05) is 30.3 Å². The van der Waals surface area contributed by atoms with Crippen molar-refractivity contribution in [1.82, 2.24) is 0 Å². The zero-order chi connectivity index (χ0) is 15.5. The van der Waals surface area contributed by atoms with Crippen LogP contribution < -0.4 is 5.73 Å². The summed E-state index contributed by atoms with van der Waals surface area (Å²) in [5.41, 5.74) is 7.27. The first-order chi connectivity index (χ1) is 10.7. The Kier molecular flexibility index (Phi) is 5.14. The second kappa shape index (κ2) is 7.09. The molecule has 0 amide bonds. The Balaban J connectivity index is 1.58. The number of hydrogen-bond acceptors (Lipinski definition) is 4. The molecule has 0 heterocycles. The lowest BCUT2D eigenvalue weighted by molar-refractivity contribution is -0.0111. The quantitative estimate of drug-likeness (QED) is 0.873. The van der Waals surface area contributed by atoms with Crippen LogP contribution >= 0.6 is 0 Å². The molecule has 0 aliphatic heterocycles. The first-order valence-corrected chi connectivity index (χ1v) is 8.27. The smallest absolute Gasteiger partial charge is 0.0717 e. The van der Waals surface area contributed by atoms with E-state index in [1.54, 1.807) is 7.11 Å². The number of hydrogen-bond donors (Lipinski definition) is 2. The summed E-state index contributed by atoms with van der Waals surface area (Å²) in [6, 6.07) is 10.1. The number of rotatable bonds is 5. The Bertz CT molecular complexity index is 467. The molecular weight excluding hydrogens is 278 g/mol. The minimum absolute atomic E-state index is 0.103. The van der Waals surface area contributed by atoms with Gasteiger partial charge in [0.15, 0.2) is 0 Å². The van der Waals surface area contributed by atoms with Crippen molar-refractivity contribution < 1.29 is 14.6 Å². The van der Waals surface area contributed by atoms with Crippen molar-refractivity contribution in [3.63, 3.8) is 0 Å². The molecule has 0 spiro atoms. The summed E-state index contributed by atoms with van der Waals surface area (Å²) in [4.78, 5) is 0. The van der Waals surface area contributed by atoms with Crippen LogP contribution in [0.4, 0.5) is 0 Å². The van der Waals surface area contributed by atoms with Gasteiger partial charge in [-0.25, -0.2) is 0 Å². The predicted molar refractivity (Wildman–Crippen MR) is 85.2 cm³/mol. The maximum Gasteiger partial charge on any atom is 0.0717 e. The Morgan fingerprint density at radius 1 is 1.18 bits per heavy atom. The lowest BCUT2D eigenvalue weighted by Crippen LogP contribution is -2.44. The third-order valence-corrected chi connectivity index (χ3v) is 5.48. The largest absolute Gasteiger partial charge is 0.392 e. The van der Waals surface area contributed by atoms with Crippen molar-refractivity contribution in [2.75, 3.05) is 13.7 Å². The highest BCUT2D eigenvalue weighted by molar-refractivity contribution is 5.13. The summed E-state index contributed by atoms with van der Waals surface area (Å²) in [5.74, 6) is 1.42. The molecule has 1 aromatic rings. The molecular formula is C18H27NO3. The number of aliphatic hydroxyl groups is 1. The van der Waals surface area contributed by atoms with E-state index in [1.165, 1.54) is 5.56 Å². The maximum atomic E-state index is 10.00. The number of fused-ring (bicyclic) bond motifs is 1. The molecule has 0 bridgehead atoms. The van der Waals surface area contributed by atoms with Crippen LogP contribution in [0.15, 0.2) is 30.3 Å². The van der Waals surface area contributed by atoms with E-state index in [-0.39, 0.29) is 18.2 Å².